The van der Waals surface area contributed by atoms with Crippen molar-refractivity contribution >= 4 is 5.91 Å². The van der Waals surface area contributed by atoms with Crippen molar-refractivity contribution in [3.63, 3.8) is 0 Å². The fraction of sp³-hybridized carbons (Fsp3) is 0.560. The van der Waals surface area contributed by atoms with Crippen molar-refractivity contribution in [3.05, 3.63) is 60.2 Å². The minimum atomic E-state index is -0.328. The van der Waals surface area contributed by atoms with Crippen molar-refractivity contribution in [1.29, 1.82) is 0 Å². The SMILES string of the molecule is CN(C)C1(C(=O)NC(CCCc2cccnc2)CCCc2cccnc2)CCCC1. The first-order valence-corrected chi connectivity index (χ1v) is 11.4. The van der Waals surface area contributed by atoms with Crippen molar-refractivity contribution in [2.75, 3.05) is 14.1 Å². The Balaban J connectivity index is 1.58. The fourth-order valence-corrected chi connectivity index (χ4v) is 4.64. The largest absolute Gasteiger partial charge is 0.352 e. The number of aromatic nitrogens is 2. The van der Waals surface area contributed by atoms with Gasteiger partial charge in [0.2, 0.25) is 5.91 Å². The number of hydrogen-bond acceptors (Lipinski definition) is 4. The Morgan fingerprint density at radius 3 is 1.97 bits per heavy atom. The lowest BCUT2D eigenvalue weighted by Crippen LogP contribution is -2.56. The molecule has 2 heterocycles. The van der Waals surface area contributed by atoms with Crippen LogP contribution in [-0.2, 0) is 17.6 Å². The number of carbonyl (C=O) groups is 1. The van der Waals surface area contributed by atoms with Crippen LogP contribution in [0.5, 0.6) is 0 Å². The Kier molecular flexibility index (Phi) is 8.38. The zero-order valence-corrected chi connectivity index (χ0v) is 18.5. The molecule has 5 heteroatoms. The third-order valence-electron chi connectivity index (χ3n) is 6.53. The average Bonchev–Trinajstić information content (AvgIpc) is 3.27. The molecule has 1 saturated carbocycles. The molecule has 162 valence electrons. The standard InChI is InChI=1S/C25H36N4O/c1-29(2)25(15-3-4-16-25)24(30)28-23(13-5-9-21-11-7-17-26-19-21)14-6-10-22-12-8-18-27-20-22/h7-8,11-12,17-20,23H,3-6,9-10,13-16H2,1-2H3,(H,28,30). The molecule has 30 heavy (non-hydrogen) atoms. The molecule has 0 atom stereocenters. The van der Waals surface area contributed by atoms with Crippen molar-refractivity contribution in [3.8, 4) is 0 Å². The van der Waals surface area contributed by atoms with Gasteiger partial charge in [0.15, 0.2) is 0 Å². The zero-order chi connectivity index (χ0) is 21.2. The number of hydrogen-bond donors (Lipinski definition) is 1. The molecule has 3 rings (SSSR count). The zero-order valence-electron chi connectivity index (χ0n) is 18.5. The maximum Gasteiger partial charge on any atom is 0.240 e. The first kappa shape index (κ1) is 22.4. The summed E-state index contributed by atoms with van der Waals surface area (Å²) in [5.41, 5.74) is 2.20. The second kappa shape index (κ2) is 11.2. The van der Waals surface area contributed by atoms with Crippen molar-refractivity contribution in [1.82, 2.24) is 20.2 Å². The summed E-state index contributed by atoms with van der Waals surface area (Å²) in [7, 11) is 4.09. The summed E-state index contributed by atoms with van der Waals surface area (Å²) in [6.45, 7) is 0. The molecule has 0 bridgehead atoms. The second-order valence-corrected chi connectivity index (χ2v) is 8.81. The van der Waals surface area contributed by atoms with Gasteiger partial charge in [-0.25, -0.2) is 0 Å². The molecule has 1 amide bonds. The van der Waals surface area contributed by atoms with Crippen LogP contribution in [0.15, 0.2) is 49.1 Å². The highest BCUT2D eigenvalue weighted by Crippen LogP contribution is 2.34. The highest BCUT2D eigenvalue weighted by atomic mass is 16.2. The van der Waals surface area contributed by atoms with Gasteiger partial charge in [-0.2, -0.15) is 0 Å². The van der Waals surface area contributed by atoms with Crippen LogP contribution in [0.3, 0.4) is 0 Å². The van der Waals surface area contributed by atoms with Crippen LogP contribution in [0.4, 0.5) is 0 Å². The molecular formula is C25H36N4O. The Morgan fingerprint density at radius 1 is 1.00 bits per heavy atom. The number of nitrogens with zero attached hydrogens (tertiary/aromatic N) is 3. The van der Waals surface area contributed by atoms with E-state index in [2.05, 4.69) is 32.3 Å². The molecular weight excluding hydrogens is 372 g/mol. The lowest BCUT2D eigenvalue weighted by molar-refractivity contribution is -0.132. The maximum absolute atomic E-state index is 13.3. The van der Waals surface area contributed by atoms with E-state index in [0.29, 0.717) is 0 Å². The van der Waals surface area contributed by atoms with Crippen LogP contribution in [0.25, 0.3) is 0 Å². The number of aryl methyl sites for hydroxylation is 2. The third kappa shape index (κ3) is 6.11. The minimum Gasteiger partial charge on any atom is -0.352 e. The highest BCUT2D eigenvalue weighted by Gasteiger charge is 2.43. The molecule has 0 spiro atoms. The van der Waals surface area contributed by atoms with Crippen LogP contribution < -0.4 is 5.32 Å². The highest BCUT2D eigenvalue weighted by molar-refractivity contribution is 5.86. The van der Waals surface area contributed by atoms with Gasteiger partial charge in [-0.15, -0.1) is 0 Å². The molecule has 0 aliphatic heterocycles. The van der Waals surface area contributed by atoms with Gasteiger partial charge in [0.05, 0.1) is 5.54 Å². The van der Waals surface area contributed by atoms with E-state index in [1.807, 2.05) is 51.0 Å². The first-order chi connectivity index (χ1) is 14.6. The van der Waals surface area contributed by atoms with E-state index in [1.54, 1.807) is 0 Å². The number of amides is 1. The molecule has 2 aromatic rings. The summed E-state index contributed by atoms with van der Waals surface area (Å²) in [6, 6.07) is 8.45. The summed E-state index contributed by atoms with van der Waals surface area (Å²) in [6.07, 6.45) is 17.8. The van der Waals surface area contributed by atoms with E-state index < -0.39 is 0 Å². The van der Waals surface area contributed by atoms with Crippen LogP contribution in [0, 0.1) is 0 Å². The van der Waals surface area contributed by atoms with Gasteiger partial charge in [-0.05, 0) is 88.7 Å². The summed E-state index contributed by atoms with van der Waals surface area (Å²) >= 11 is 0. The summed E-state index contributed by atoms with van der Waals surface area (Å²) in [4.78, 5) is 23.9. The smallest absolute Gasteiger partial charge is 0.240 e. The van der Waals surface area contributed by atoms with E-state index in [0.717, 1.165) is 64.2 Å². The number of rotatable bonds is 11. The van der Waals surface area contributed by atoms with Crippen LogP contribution >= 0.6 is 0 Å². The van der Waals surface area contributed by atoms with Crippen molar-refractivity contribution in [2.24, 2.45) is 0 Å². The Bertz CT molecular complexity index is 712. The molecule has 1 aliphatic carbocycles. The number of nitrogens with one attached hydrogen (secondary N) is 1. The molecule has 1 N–H and O–H groups in total. The Labute approximate surface area is 181 Å². The third-order valence-corrected chi connectivity index (χ3v) is 6.53. The average molecular weight is 409 g/mol. The van der Waals surface area contributed by atoms with E-state index in [4.69, 9.17) is 0 Å². The van der Waals surface area contributed by atoms with Gasteiger partial charge in [0.1, 0.15) is 0 Å². The first-order valence-electron chi connectivity index (χ1n) is 11.4. The summed E-state index contributed by atoms with van der Waals surface area (Å²) in [5.74, 6) is 0.220. The van der Waals surface area contributed by atoms with Gasteiger partial charge in [-0.3, -0.25) is 19.7 Å². The molecule has 0 aromatic carbocycles. The molecule has 5 nitrogen and oxygen atoms in total. The Hall–Kier alpha value is -2.27. The molecule has 1 fully saturated rings. The van der Waals surface area contributed by atoms with Crippen LogP contribution in [0.2, 0.25) is 0 Å². The summed E-state index contributed by atoms with van der Waals surface area (Å²) < 4.78 is 0. The number of carbonyl (C=O) groups excluding carboxylic acids is 1. The van der Waals surface area contributed by atoms with E-state index in [-0.39, 0.29) is 17.5 Å². The second-order valence-electron chi connectivity index (χ2n) is 8.81. The number of likely N-dealkylation sites (N-methyl/N-ethyl adjacent to an activating group) is 1. The van der Waals surface area contributed by atoms with Gasteiger partial charge < -0.3 is 5.32 Å². The predicted molar refractivity (Wildman–Crippen MR) is 121 cm³/mol. The van der Waals surface area contributed by atoms with E-state index in [1.165, 1.54) is 11.1 Å². The van der Waals surface area contributed by atoms with Gasteiger partial charge >= 0.3 is 0 Å². The minimum absolute atomic E-state index is 0.211. The molecule has 0 saturated heterocycles. The van der Waals surface area contributed by atoms with Gasteiger partial charge in [-0.1, -0.05) is 25.0 Å². The monoisotopic (exact) mass is 408 g/mol. The molecule has 2 aromatic heterocycles. The summed E-state index contributed by atoms with van der Waals surface area (Å²) in [5, 5.41) is 3.44. The quantitative estimate of drug-likeness (QED) is 0.606. The molecule has 1 aliphatic rings. The lowest BCUT2D eigenvalue weighted by atomic mass is 9.93. The number of pyridine rings is 2. The van der Waals surface area contributed by atoms with Gasteiger partial charge in [0.25, 0.3) is 0 Å². The topological polar surface area (TPSA) is 58.1 Å². The van der Waals surface area contributed by atoms with E-state index in [9.17, 15) is 4.79 Å². The van der Waals surface area contributed by atoms with E-state index >= 15 is 0 Å². The molecule has 0 unspecified atom stereocenters. The lowest BCUT2D eigenvalue weighted by Gasteiger charge is -2.36. The van der Waals surface area contributed by atoms with Crippen molar-refractivity contribution < 1.29 is 4.79 Å². The van der Waals surface area contributed by atoms with Crippen LogP contribution in [-0.4, -0.2) is 46.5 Å². The maximum atomic E-state index is 13.3. The fourth-order valence-electron chi connectivity index (χ4n) is 4.64. The predicted octanol–water partition coefficient (Wildman–Crippen LogP) is 4.18. The van der Waals surface area contributed by atoms with Gasteiger partial charge in [0, 0.05) is 30.8 Å². The molecule has 0 radical (unpaired) electrons. The van der Waals surface area contributed by atoms with Crippen molar-refractivity contribution in [2.45, 2.75) is 75.8 Å². The Morgan fingerprint density at radius 2 is 1.53 bits per heavy atom. The normalized spacial score (nSPS) is 15.6. The van der Waals surface area contributed by atoms with Crippen LogP contribution in [0.1, 0.15) is 62.5 Å².